The lowest BCUT2D eigenvalue weighted by Crippen LogP contribution is -2.32. The van der Waals surface area contributed by atoms with Gasteiger partial charge in [0.2, 0.25) is 0 Å². The molecule has 0 saturated heterocycles. The summed E-state index contributed by atoms with van der Waals surface area (Å²) in [6.45, 7) is 0. The van der Waals surface area contributed by atoms with Crippen molar-refractivity contribution in [2.45, 2.75) is 18.9 Å². The van der Waals surface area contributed by atoms with Gasteiger partial charge in [-0.2, -0.15) is 13.1 Å². The van der Waals surface area contributed by atoms with E-state index in [9.17, 15) is 13.2 Å². The summed E-state index contributed by atoms with van der Waals surface area (Å²) in [7, 11) is -3.71. The first-order chi connectivity index (χ1) is 8.37. The Morgan fingerprint density at radius 3 is 2.61 bits per heavy atom. The number of rotatable bonds is 5. The monoisotopic (exact) mass is 382 g/mol. The lowest BCUT2D eigenvalue weighted by molar-refractivity contribution is 0.0698. The topological polar surface area (TPSA) is 95.5 Å². The average Bonchev–Trinajstić information content (AvgIpc) is 3.03. The second-order valence-corrected chi connectivity index (χ2v) is 6.69. The number of halogens is 1. The second kappa shape index (κ2) is 5.02. The van der Waals surface area contributed by atoms with E-state index in [1.54, 1.807) is 6.07 Å². The van der Waals surface area contributed by atoms with Crippen LogP contribution in [-0.4, -0.2) is 25.5 Å². The third-order valence-electron chi connectivity index (χ3n) is 2.36. The van der Waals surface area contributed by atoms with Crippen molar-refractivity contribution in [3.05, 3.63) is 27.3 Å². The largest absolute Gasteiger partial charge is 0.478 e. The standard InChI is InChI=1S/C10H11IN2O4S/c11-6-1-4-9(8(5-6)10(14)15)13-18(16,17)12-7-2-3-7/h1,4-5,7,12-13H,2-3H2,(H,14,15). The van der Waals surface area contributed by atoms with Crippen LogP contribution in [0.25, 0.3) is 0 Å². The lowest BCUT2D eigenvalue weighted by Gasteiger charge is -2.11. The molecule has 1 aromatic rings. The van der Waals surface area contributed by atoms with E-state index >= 15 is 0 Å². The highest BCUT2D eigenvalue weighted by molar-refractivity contribution is 14.1. The van der Waals surface area contributed by atoms with Crippen LogP contribution in [0.3, 0.4) is 0 Å². The highest BCUT2D eigenvalue weighted by Crippen LogP contribution is 2.22. The van der Waals surface area contributed by atoms with Gasteiger partial charge in [-0.1, -0.05) is 0 Å². The van der Waals surface area contributed by atoms with Crippen LogP contribution in [0.2, 0.25) is 0 Å². The van der Waals surface area contributed by atoms with E-state index in [-0.39, 0.29) is 17.3 Å². The molecule has 8 heteroatoms. The first kappa shape index (κ1) is 13.6. The summed E-state index contributed by atoms with van der Waals surface area (Å²) in [5.74, 6) is -1.17. The third-order valence-corrected chi connectivity index (χ3v) is 4.16. The van der Waals surface area contributed by atoms with E-state index in [0.29, 0.717) is 0 Å². The highest BCUT2D eigenvalue weighted by atomic mass is 127. The van der Waals surface area contributed by atoms with Crippen LogP contribution in [0.15, 0.2) is 18.2 Å². The summed E-state index contributed by atoms with van der Waals surface area (Å²) in [4.78, 5) is 11.0. The number of hydrogen-bond donors (Lipinski definition) is 3. The second-order valence-electron chi connectivity index (χ2n) is 3.99. The molecule has 1 fully saturated rings. The Hall–Kier alpha value is -0.870. The highest BCUT2D eigenvalue weighted by Gasteiger charge is 2.27. The molecule has 0 bridgehead atoms. The number of carbonyl (C=O) groups is 1. The van der Waals surface area contributed by atoms with Crippen LogP contribution in [-0.2, 0) is 10.2 Å². The van der Waals surface area contributed by atoms with Crippen LogP contribution in [0.4, 0.5) is 5.69 Å². The fraction of sp³-hybridized carbons (Fsp3) is 0.300. The molecule has 1 aliphatic rings. The van der Waals surface area contributed by atoms with Crippen molar-refractivity contribution in [1.82, 2.24) is 4.72 Å². The maximum atomic E-state index is 11.7. The van der Waals surface area contributed by atoms with Crippen molar-refractivity contribution in [2.24, 2.45) is 0 Å². The molecule has 0 heterocycles. The molecule has 0 amide bonds. The fourth-order valence-electron chi connectivity index (χ4n) is 1.38. The van der Waals surface area contributed by atoms with E-state index in [2.05, 4.69) is 9.44 Å². The van der Waals surface area contributed by atoms with Crippen molar-refractivity contribution in [3.8, 4) is 0 Å². The van der Waals surface area contributed by atoms with E-state index < -0.39 is 16.2 Å². The van der Waals surface area contributed by atoms with Gasteiger partial charge in [-0.05, 0) is 53.6 Å². The molecule has 3 N–H and O–H groups in total. The molecule has 2 rings (SSSR count). The van der Waals surface area contributed by atoms with Gasteiger partial charge < -0.3 is 5.11 Å². The molecule has 0 aromatic heterocycles. The molecule has 1 aliphatic carbocycles. The number of nitrogens with one attached hydrogen (secondary N) is 2. The summed E-state index contributed by atoms with van der Waals surface area (Å²) in [5, 5.41) is 9.02. The molecule has 0 aliphatic heterocycles. The quantitative estimate of drug-likeness (QED) is 0.671. The van der Waals surface area contributed by atoms with Crippen molar-refractivity contribution < 1.29 is 18.3 Å². The molecular formula is C10H11IN2O4S. The molecule has 0 unspecified atom stereocenters. The summed E-state index contributed by atoms with van der Waals surface area (Å²) < 4.78 is 28.8. The minimum absolute atomic E-state index is 0.0281. The Morgan fingerprint density at radius 1 is 1.39 bits per heavy atom. The number of anilines is 1. The maximum Gasteiger partial charge on any atom is 0.337 e. The SMILES string of the molecule is O=C(O)c1cc(I)ccc1NS(=O)(=O)NC1CC1. The minimum atomic E-state index is -3.71. The maximum absolute atomic E-state index is 11.7. The number of hydrogen-bond acceptors (Lipinski definition) is 3. The van der Waals surface area contributed by atoms with Crippen LogP contribution in [0.1, 0.15) is 23.2 Å². The molecule has 1 saturated carbocycles. The first-order valence-electron chi connectivity index (χ1n) is 5.20. The fourth-order valence-corrected chi connectivity index (χ4v) is 3.07. The summed E-state index contributed by atoms with van der Waals surface area (Å²) >= 11 is 1.97. The predicted octanol–water partition coefficient (Wildman–Crippen LogP) is 1.40. The summed E-state index contributed by atoms with van der Waals surface area (Å²) in [6.07, 6.45) is 1.64. The van der Waals surface area contributed by atoms with Crippen molar-refractivity contribution >= 4 is 44.5 Å². The van der Waals surface area contributed by atoms with Gasteiger partial charge in [0, 0.05) is 9.61 Å². The number of aromatic carboxylic acids is 1. The van der Waals surface area contributed by atoms with Crippen molar-refractivity contribution in [3.63, 3.8) is 0 Å². The van der Waals surface area contributed by atoms with Crippen LogP contribution in [0, 0.1) is 3.57 Å². The van der Waals surface area contributed by atoms with Gasteiger partial charge in [0.1, 0.15) is 0 Å². The molecule has 6 nitrogen and oxygen atoms in total. The first-order valence-corrected chi connectivity index (χ1v) is 7.76. The van der Waals surface area contributed by atoms with E-state index in [4.69, 9.17) is 5.11 Å². The lowest BCUT2D eigenvalue weighted by atomic mass is 10.2. The van der Waals surface area contributed by atoms with Crippen LogP contribution in [0.5, 0.6) is 0 Å². The summed E-state index contributed by atoms with van der Waals surface area (Å²) in [5.41, 5.74) is -0.000798. The van der Waals surface area contributed by atoms with Gasteiger partial charge in [0.25, 0.3) is 10.2 Å². The zero-order chi connectivity index (χ0) is 13.3. The van der Waals surface area contributed by atoms with Gasteiger partial charge >= 0.3 is 5.97 Å². The Labute approximate surface area is 118 Å². The van der Waals surface area contributed by atoms with Gasteiger partial charge in [0.15, 0.2) is 0 Å². The van der Waals surface area contributed by atoms with Gasteiger partial charge in [-0.15, -0.1) is 0 Å². The smallest absolute Gasteiger partial charge is 0.337 e. The molecule has 0 spiro atoms. The number of benzene rings is 1. The van der Waals surface area contributed by atoms with Gasteiger partial charge in [-0.25, -0.2) is 4.79 Å². The number of carboxylic acid groups (broad SMARTS) is 1. The Balaban J connectivity index is 2.25. The molecule has 1 aromatic carbocycles. The van der Waals surface area contributed by atoms with Crippen molar-refractivity contribution in [1.29, 1.82) is 0 Å². The normalized spacial score (nSPS) is 15.4. The van der Waals surface area contributed by atoms with Gasteiger partial charge in [0.05, 0.1) is 11.3 Å². The minimum Gasteiger partial charge on any atom is -0.478 e. The zero-order valence-corrected chi connectivity index (χ0v) is 12.2. The molecule has 0 atom stereocenters. The predicted molar refractivity (Wildman–Crippen MR) is 74.8 cm³/mol. The molecule has 0 radical (unpaired) electrons. The summed E-state index contributed by atoms with van der Waals surface area (Å²) in [6, 6.07) is 4.47. The third kappa shape index (κ3) is 3.56. The van der Waals surface area contributed by atoms with Crippen LogP contribution < -0.4 is 9.44 Å². The van der Waals surface area contributed by atoms with Crippen molar-refractivity contribution in [2.75, 3.05) is 4.72 Å². The van der Waals surface area contributed by atoms with E-state index in [0.717, 1.165) is 16.4 Å². The van der Waals surface area contributed by atoms with E-state index in [1.165, 1.54) is 12.1 Å². The van der Waals surface area contributed by atoms with Gasteiger partial charge in [-0.3, -0.25) is 4.72 Å². The molecule has 98 valence electrons. The Morgan fingerprint density at radius 2 is 2.06 bits per heavy atom. The Bertz CT molecular complexity index is 584. The average molecular weight is 382 g/mol. The molecular weight excluding hydrogens is 371 g/mol. The van der Waals surface area contributed by atoms with Crippen LogP contribution >= 0.6 is 22.6 Å². The Kier molecular flexibility index (Phi) is 3.78. The molecule has 18 heavy (non-hydrogen) atoms. The zero-order valence-electron chi connectivity index (χ0n) is 9.18. The number of carboxylic acids is 1. The van der Waals surface area contributed by atoms with E-state index in [1.807, 2.05) is 22.6 Å².